The first kappa shape index (κ1) is 13.2. The molecule has 0 saturated carbocycles. The SMILES string of the molecule is Nc1ncc(F)c(C2=CCC=CC(c3ccccc3)=C2)n1. The maximum absolute atomic E-state index is 13.9. The minimum Gasteiger partial charge on any atom is -0.368 e. The van der Waals surface area contributed by atoms with Gasteiger partial charge in [-0.05, 0) is 23.6 Å². The molecule has 0 unspecified atom stereocenters. The molecule has 2 N–H and O–H groups in total. The van der Waals surface area contributed by atoms with Crippen molar-refractivity contribution in [2.24, 2.45) is 0 Å². The molecule has 0 saturated heterocycles. The van der Waals surface area contributed by atoms with Crippen LogP contribution < -0.4 is 5.73 Å². The summed E-state index contributed by atoms with van der Waals surface area (Å²) in [6.07, 6.45) is 9.73. The number of allylic oxidation sites excluding steroid dienone is 6. The van der Waals surface area contributed by atoms with E-state index in [1.165, 1.54) is 0 Å². The fourth-order valence-corrected chi connectivity index (χ4v) is 2.22. The number of benzene rings is 1. The van der Waals surface area contributed by atoms with Crippen LogP contribution >= 0.6 is 0 Å². The zero-order valence-corrected chi connectivity index (χ0v) is 11.3. The third kappa shape index (κ3) is 2.89. The number of nitrogen functional groups attached to an aromatic ring is 1. The molecule has 1 aliphatic carbocycles. The van der Waals surface area contributed by atoms with Gasteiger partial charge in [-0.1, -0.05) is 48.6 Å². The summed E-state index contributed by atoms with van der Waals surface area (Å²) in [5.41, 5.74) is 8.60. The summed E-state index contributed by atoms with van der Waals surface area (Å²) in [7, 11) is 0. The zero-order chi connectivity index (χ0) is 14.7. The van der Waals surface area contributed by atoms with Gasteiger partial charge in [-0.15, -0.1) is 0 Å². The monoisotopic (exact) mass is 279 g/mol. The van der Waals surface area contributed by atoms with Gasteiger partial charge in [0.1, 0.15) is 5.69 Å². The largest absolute Gasteiger partial charge is 0.368 e. The van der Waals surface area contributed by atoms with Crippen molar-refractivity contribution in [1.82, 2.24) is 9.97 Å². The predicted octanol–water partition coefficient (Wildman–Crippen LogP) is 3.62. The van der Waals surface area contributed by atoms with Crippen molar-refractivity contribution >= 4 is 17.1 Å². The van der Waals surface area contributed by atoms with E-state index >= 15 is 0 Å². The van der Waals surface area contributed by atoms with Crippen molar-refractivity contribution in [3.05, 3.63) is 77.9 Å². The smallest absolute Gasteiger partial charge is 0.220 e. The summed E-state index contributed by atoms with van der Waals surface area (Å²) in [6.45, 7) is 0. The van der Waals surface area contributed by atoms with Crippen molar-refractivity contribution in [2.45, 2.75) is 6.42 Å². The number of aromatic nitrogens is 2. The molecule has 4 heteroatoms. The second kappa shape index (κ2) is 5.71. The van der Waals surface area contributed by atoms with Crippen LogP contribution in [0.1, 0.15) is 17.7 Å². The van der Waals surface area contributed by atoms with Crippen LogP contribution in [-0.2, 0) is 0 Å². The summed E-state index contributed by atoms with van der Waals surface area (Å²) < 4.78 is 13.9. The molecule has 1 aliphatic rings. The molecule has 1 aromatic carbocycles. The highest BCUT2D eigenvalue weighted by molar-refractivity contribution is 5.87. The molecule has 0 radical (unpaired) electrons. The lowest BCUT2D eigenvalue weighted by Gasteiger charge is -2.06. The van der Waals surface area contributed by atoms with Crippen LogP contribution in [0.15, 0.2) is 60.8 Å². The summed E-state index contributed by atoms with van der Waals surface area (Å²) in [5.74, 6) is -0.403. The van der Waals surface area contributed by atoms with Gasteiger partial charge in [-0.3, -0.25) is 0 Å². The molecular formula is C17H14FN3. The lowest BCUT2D eigenvalue weighted by atomic mass is 10.0. The first-order valence-corrected chi connectivity index (χ1v) is 6.66. The number of hydrogen-bond acceptors (Lipinski definition) is 3. The minimum atomic E-state index is -0.471. The Morgan fingerprint density at radius 3 is 2.71 bits per heavy atom. The Kier molecular flexibility index (Phi) is 3.60. The molecule has 21 heavy (non-hydrogen) atoms. The van der Waals surface area contributed by atoms with Crippen molar-refractivity contribution in [3.8, 4) is 0 Å². The topological polar surface area (TPSA) is 51.8 Å². The minimum absolute atomic E-state index is 0.0687. The van der Waals surface area contributed by atoms with Gasteiger partial charge in [0.15, 0.2) is 5.82 Å². The first-order chi connectivity index (χ1) is 10.2. The fourth-order valence-electron chi connectivity index (χ4n) is 2.22. The molecule has 1 aromatic heterocycles. The molecule has 0 bridgehead atoms. The molecule has 0 spiro atoms. The molecule has 104 valence electrons. The summed E-state index contributed by atoms with van der Waals surface area (Å²) >= 11 is 0. The van der Waals surface area contributed by atoms with E-state index in [0.29, 0.717) is 12.0 Å². The van der Waals surface area contributed by atoms with Gasteiger partial charge < -0.3 is 5.73 Å². The van der Waals surface area contributed by atoms with Gasteiger partial charge in [0.05, 0.1) is 6.20 Å². The maximum Gasteiger partial charge on any atom is 0.220 e. The highest BCUT2D eigenvalue weighted by atomic mass is 19.1. The summed E-state index contributed by atoms with van der Waals surface area (Å²) in [5, 5.41) is 0. The third-order valence-corrected chi connectivity index (χ3v) is 3.23. The lowest BCUT2D eigenvalue weighted by Crippen LogP contribution is -2.01. The van der Waals surface area contributed by atoms with E-state index in [0.717, 1.165) is 17.3 Å². The van der Waals surface area contributed by atoms with E-state index in [-0.39, 0.29) is 11.6 Å². The van der Waals surface area contributed by atoms with E-state index in [1.807, 2.05) is 54.6 Å². The Balaban J connectivity index is 2.07. The van der Waals surface area contributed by atoms with Crippen molar-refractivity contribution in [1.29, 1.82) is 0 Å². The Morgan fingerprint density at radius 1 is 1.10 bits per heavy atom. The van der Waals surface area contributed by atoms with Crippen LogP contribution in [-0.4, -0.2) is 9.97 Å². The number of nitrogens with two attached hydrogens (primary N) is 1. The summed E-state index contributed by atoms with van der Waals surface area (Å²) in [6, 6.07) is 9.95. The number of nitrogens with zero attached hydrogens (tertiary/aromatic N) is 2. The second-order valence-electron chi connectivity index (χ2n) is 4.69. The van der Waals surface area contributed by atoms with Crippen LogP contribution in [0.25, 0.3) is 11.1 Å². The van der Waals surface area contributed by atoms with Crippen LogP contribution in [0, 0.1) is 5.82 Å². The number of anilines is 1. The van der Waals surface area contributed by atoms with Crippen LogP contribution in [0.3, 0.4) is 0 Å². The van der Waals surface area contributed by atoms with Crippen LogP contribution in [0.5, 0.6) is 0 Å². The Bertz CT molecular complexity index is 746. The first-order valence-electron chi connectivity index (χ1n) is 6.66. The van der Waals surface area contributed by atoms with Gasteiger partial charge in [-0.25, -0.2) is 14.4 Å². The molecule has 2 aromatic rings. The van der Waals surface area contributed by atoms with Crippen LogP contribution in [0.2, 0.25) is 0 Å². The van der Waals surface area contributed by atoms with Gasteiger partial charge in [0.2, 0.25) is 5.95 Å². The van der Waals surface area contributed by atoms with Gasteiger partial charge in [0, 0.05) is 5.57 Å². The molecule has 0 amide bonds. The molecule has 0 aliphatic heterocycles. The average molecular weight is 279 g/mol. The lowest BCUT2D eigenvalue weighted by molar-refractivity contribution is 0.610. The highest BCUT2D eigenvalue weighted by Crippen LogP contribution is 2.27. The van der Waals surface area contributed by atoms with Gasteiger partial charge in [0.25, 0.3) is 0 Å². The predicted molar refractivity (Wildman–Crippen MR) is 82.6 cm³/mol. The normalized spacial score (nSPS) is 14.3. The van der Waals surface area contributed by atoms with E-state index in [9.17, 15) is 4.39 Å². The van der Waals surface area contributed by atoms with Crippen molar-refractivity contribution in [3.63, 3.8) is 0 Å². The number of rotatable bonds is 2. The summed E-state index contributed by atoms with van der Waals surface area (Å²) in [4.78, 5) is 7.68. The molecule has 3 rings (SSSR count). The highest BCUT2D eigenvalue weighted by Gasteiger charge is 2.11. The fraction of sp³-hybridized carbons (Fsp3) is 0.0588. The standard InChI is InChI=1S/C17H14FN3/c18-15-11-20-17(19)21-16(15)14-9-5-4-8-13(10-14)12-6-2-1-3-7-12/h1-4,6-11H,5H2,(H2,19,20,21). The Hall–Kier alpha value is -2.75. The number of halogens is 1. The molecule has 0 atom stereocenters. The maximum atomic E-state index is 13.9. The van der Waals surface area contributed by atoms with Gasteiger partial charge >= 0.3 is 0 Å². The van der Waals surface area contributed by atoms with E-state index < -0.39 is 5.82 Å². The van der Waals surface area contributed by atoms with Crippen molar-refractivity contribution < 1.29 is 4.39 Å². The molecule has 3 nitrogen and oxygen atoms in total. The number of hydrogen-bond donors (Lipinski definition) is 1. The quantitative estimate of drug-likeness (QED) is 0.913. The average Bonchev–Trinajstić information content (AvgIpc) is 2.76. The van der Waals surface area contributed by atoms with E-state index in [1.54, 1.807) is 0 Å². The Labute approximate surface area is 122 Å². The van der Waals surface area contributed by atoms with Gasteiger partial charge in [-0.2, -0.15) is 0 Å². The second-order valence-corrected chi connectivity index (χ2v) is 4.69. The van der Waals surface area contributed by atoms with E-state index in [4.69, 9.17) is 5.73 Å². The molecular weight excluding hydrogens is 265 g/mol. The molecule has 0 fully saturated rings. The van der Waals surface area contributed by atoms with E-state index in [2.05, 4.69) is 9.97 Å². The third-order valence-electron chi connectivity index (χ3n) is 3.23. The van der Waals surface area contributed by atoms with Crippen molar-refractivity contribution in [2.75, 3.05) is 5.73 Å². The van der Waals surface area contributed by atoms with Crippen LogP contribution in [0.4, 0.5) is 10.3 Å². The molecule has 1 heterocycles. The zero-order valence-electron chi connectivity index (χ0n) is 11.3. The Morgan fingerprint density at radius 2 is 1.90 bits per heavy atom.